The van der Waals surface area contributed by atoms with Crippen LogP contribution in [-0.2, 0) is 33.5 Å². The Bertz CT molecular complexity index is 1130. The van der Waals surface area contributed by atoms with Crippen molar-refractivity contribution in [3.05, 3.63) is 39.8 Å². The number of ether oxygens (including phenoxy) is 1. The highest BCUT2D eigenvalue weighted by Crippen LogP contribution is 2.46. The molecule has 0 radical (unpaired) electrons. The summed E-state index contributed by atoms with van der Waals surface area (Å²) < 4.78 is 22.0. The molecule has 1 atom stereocenters. The topological polar surface area (TPSA) is 102 Å². The van der Waals surface area contributed by atoms with E-state index >= 15 is 0 Å². The molecular formula is C21H23ClFN5O3. The molecule has 3 heterocycles. The number of hydrogen-bond acceptors (Lipinski definition) is 5. The minimum absolute atomic E-state index is 0.0257. The minimum atomic E-state index is -1.28. The number of carbonyl (C=O) groups is 2. The van der Waals surface area contributed by atoms with Crippen LogP contribution in [0.4, 0.5) is 20.7 Å². The van der Waals surface area contributed by atoms with Crippen LogP contribution in [0.2, 0.25) is 5.02 Å². The highest BCUT2D eigenvalue weighted by atomic mass is 35.5. The summed E-state index contributed by atoms with van der Waals surface area (Å²) in [7, 11) is 0. The van der Waals surface area contributed by atoms with Crippen LogP contribution in [0.15, 0.2) is 12.1 Å². The number of fused-ring (bicyclic) bond motifs is 3. The molecule has 1 fully saturated rings. The normalized spacial score (nSPS) is 23.5. The lowest BCUT2D eigenvalue weighted by Gasteiger charge is -2.35. The first-order chi connectivity index (χ1) is 14.6. The number of nitrogens with two attached hydrogens (primary N) is 1. The summed E-state index contributed by atoms with van der Waals surface area (Å²) in [6.45, 7) is 4.55. The summed E-state index contributed by atoms with van der Waals surface area (Å²) in [5.74, 6) is -0.358. The Morgan fingerprint density at radius 3 is 2.90 bits per heavy atom. The maximum absolute atomic E-state index is 14.9. The van der Waals surface area contributed by atoms with Gasteiger partial charge in [0, 0.05) is 23.9 Å². The molecule has 3 N–H and O–H groups in total. The summed E-state index contributed by atoms with van der Waals surface area (Å²) in [5, 5.41) is 7.04. The largest absolute Gasteiger partial charge is 0.436 e. The van der Waals surface area contributed by atoms with Crippen LogP contribution in [0.5, 0.6) is 0 Å². The Balaban J connectivity index is 1.41. The average molecular weight is 448 g/mol. The lowest BCUT2D eigenvalue weighted by molar-refractivity contribution is -0.132. The van der Waals surface area contributed by atoms with Crippen molar-refractivity contribution in [3.63, 3.8) is 0 Å². The Hall–Kier alpha value is -2.81. The molecule has 8 nitrogen and oxygen atoms in total. The first-order valence-corrected chi connectivity index (χ1v) is 10.6. The summed E-state index contributed by atoms with van der Waals surface area (Å²) in [5.41, 5.74) is 7.35. The highest BCUT2D eigenvalue weighted by Gasteiger charge is 2.50. The van der Waals surface area contributed by atoms with Crippen LogP contribution in [0.1, 0.15) is 43.5 Å². The molecule has 0 saturated carbocycles. The maximum atomic E-state index is 14.9. The number of hydrogen-bond donors (Lipinski definition) is 2. The van der Waals surface area contributed by atoms with E-state index < -0.39 is 17.5 Å². The monoisotopic (exact) mass is 447 g/mol. The van der Waals surface area contributed by atoms with Gasteiger partial charge in [-0.1, -0.05) is 25.4 Å². The number of benzene rings is 1. The molecule has 1 aromatic heterocycles. The Morgan fingerprint density at radius 1 is 1.39 bits per heavy atom. The second kappa shape index (κ2) is 6.59. The van der Waals surface area contributed by atoms with Crippen LogP contribution in [0.25, 0.3) is 0 Å². The molecule has 10 heteroatoms. The first kappa shape index (κ1) is 20.1. The highest BCUT2D eigenvalue weighted by molar-refractivity contribution is 6.31. The van der Waals surface area contributed by atoms with Crippen molar-refractivity contribution in [2.75, 3.05) is 24.1 Å². The van der Waals surface area contributed by atoms with Crippen LogP contribution in [0, 0.1) is 5.82 Å². The zero-order chi connectivity index (χ0) is 22.1. The third kappa shape index (κ3) is 2.97. The number of nitrogens with one attached hydrogen (secondary N) is 1. The van der Waals surface area contributed by atoms with Crippen molar-refractivity contribution in [2.24, 2.45) is 0 Å². The van der Waals surface area contributed by atoms with Gasteiger partial charge in [0.25, 0.3) is 0 Å². The minimum Gasteiger partial charge on any atom is -0.436 e. The van der Waals surface area contributed by atoms with Gasteiger partial charge in [0.2, 0.25) is 5.91 Å². The van der Waals surface area contributed by atoms with Gasteiger partial charge in [-0.05, 0) is 25.0 Å². The van der Waals surface area contributed by atoms with Crippen LogP contribution < -0.4 is 11.1 Å². The summed E-state index contributed by atoms with van der Waals surface area (Å²) >= 11 is 5.98. The van der Waals surface area contributed by atoms with E-state index in [0.717, 1.165) is 24.1 Å². The van der Waals surface area contributed by atoms with Gasteiger partial charge < -0.3 is 15.4 Å². The van der Waals surface area contributed by atoms with Crippen molar-refractivity contribution in [3.8, 4) is 0 Å². The molecule has 1 spiro atoms. The molecule has 1 aromatic carbocycles. The SMILES string of the molecule is CC1(C)CCc2c1nn(CC(=O)N1CC[C@@]3(C1)OC(=O)Nc1ccc(Cl)c(F)c13)c2N. The number of amides is 2. The molecule has 5 rings (SSSR count). The molecule has 164 valence electrons. The summed E-state index contributed by atoms with van der Waals surface area (Å²) in [6, 6.07) is 2.93. The number of aromatic nitrogens is 2. The number of carbonyl (C=O) groups excluding carboxylic acids is 2. The molecule has 31 heavy (non-hydrogen) atoms. The fourth-order valence-electron chi connectivity index (χ4n) is 4.95. The lowest BCUT2D eigenvalue weighted by atomic mass is 9.89. The van der Waals surface area contributed by atoms with E-state index in [2.05, 4.69) is 24.3 Å². The molecular weight excluding hydrogens is 425 g/mol. The second-order valence-corrected chi connectivity index (χ2v) is 9.52. The number of halogens is 2. The molecule has 1 saturated heterocycles. The van der Waals surface area contributed by atoms with Crippen molar-refractivity contribution >= 4 is 35.1 Å². The van der Waals surface area contributed by atoms with E-state index in [1.165, 1.54) is 6.07 Å². The van der Waals surface area contributed by atoms with E-state index in [-0.39, 0.29) is 41.4 Å². The van der Waals surface area contributed by atoms with Gasteiger partial charge >= 0.3 is 6.09 Å². The van der Waals surface area contributed by atoms with Crippen LogP contribution in [-0.4, -0.2) is 39.8 Å². The Kier molecular flexibility index (Phi) is 4.28. The van der Waals surface area contributed by atoms with Crippen LogP contribution in [0.3, 0.4) is 0 Å². The second-order valence-electron chi connectivity index (χ2n) is 9.11. The quantitative estimate of drug-likeness (QED) is 0.736. The molecule has 3 aliphatic rings. The van der Waals surface area contributed by atoms with Crippen molar-refractivity contribution in [1.82, 2.24) is 14.7 Å². The van der Waals surface area contributed by atoms with E-state index in [4.69, 9.17) is 22.1 Å². The summed E-state index contributed by atoms with van der Waals surface area (Å²) in [4.78, 5) is 26.7. The van der Waals surface area contributed by atoms with Gasteiger partial charge in [-0.2, -0.15) is 5.10 Å². The number of nitrogen functional groups attached to an aromatic ring is 1. The van der Waals surface area contributed by atoms with Gasteiger partial charge in [0.1, 0.15) is 12.4 Å². The smallest absolute Gasteiger partial charge is 0.412 e. The van der Waals surface area contributed by atoms with Crippen molar-refractivity contribution in [1.29, 1.82) is 0 Å². The third-order valence-corrected chi connectivity index (χ3v) is 6.97. The molecule has 2 aliphatic heterocycles. The average Bonchev–Trinajstić information content (AvgIpc) is 3.34. The fraction of sp³-hybridized carbons (Fsp3) is 0.476. The van der Waals surface area contributed by atoms with Gasteiger partial charge in [-0.15, -0.1) is 0 Å². The zero-order valence-corrected chi connectivity index (χ0v) is 18.1. The van der Waals surface area contributed by atoms with Gasteiger partial charge in [-0.25, -0.2) is 13.9 Å². The fourth-order valence-corrected chi connectivity index (χ4v) is 5.11. The van der Waals surface area contributed by atoms with Gasteiger partial charge in [-0.3, -0.25) is 10.1 Å². The van der Waals surface area contributed by atoms with E-state index in [9.17, 15) is 14.0 Å². The maximum Gasteiger partial charge on any atom is 0.412 e. The van der Waals surface area contributed by atoms with Crippen molar-refractivity contribution in [2.45, 2.75) is 50.7 Å². The number of rotatable bonds is 2. The standard InChI is InChI=1S/C21H23ClFN5O3/c1-20(2)6-5-11-17(20)26-28(18(11)24)9-14(29)27-8-7-21(10-27)15-13(25-19(30)31-21)4-3-12(22)16(15)23/h3-4H,5-10,24H2,1-2H3,(H,25,30)/t21-/m0/s1. The molecule has 2 amide bonds. The van der Waals surface area contributed by atoms with Gasteiger partial charge in [0.05, 0.1) is 28.5 Å². The van der Waals surface area contributed by atoms with E-state index in [1.807, 2.05) is 0 Å². The Morgan fingerprint density at radius 2 is 2.16 bits per heavy atom. The Labute approximate surface area is 183 Å². The predicted molar refractivity (Wildman–Crippen MR) is 112 cm³/mol. The van der Waals surface area contributed by atoms with E-state index in [0.29, 0.717) is 18.1 Å². The molecule has 0 unspecified atom stereocenters. The number of nitrogens with zero attached hydrogens (tertiary/aromatic N) is 3. The lowest BCUT2D eigenvalue weighted by Crippen LogP contribution is -2.44. The molecule has 0 bridgehead atoms. The molecule has 1 aliphatic carbocycles. The number of likely N-dealkylation sites (tertiary alicyclic amines) is 1. The summed E-state index contributed by atoms with van der Waals surface area (Å²) in [6.07, 6.45) is 1.41. The third-order valence-electron chi connectivity index (χ3n) is 6.68. The predicted octanol–water partition coefficient (Wildman–Crippen LogP) is 3.17. The van der Waals surface area contributed by atoms with Gasteiger partial charge in [0.15, 0.2) is 11.4 Å². The molecule has 2 aromatic rings. The van der Waals surface area contributed by atoms with E-state index in [1.54, 1.807) is 15.6 Å². The zero-order valence-electron chi connectivity index (χ0n) is 17.3. The van der Waals surface area contributed by atoms with Crippen LogP contribution >= 0.6 is 11.6 Å². The number of anilines is 2. The first-order valence-electron chi connectivity index (χ1n) is 10.2. The van der Waals surface area contributed by atoms with Crippen molar-refractivity contribution < 1.29 is 18.7 Å².